The van der Waals surface area contributed by atoms with Gasteiger partial charge < -0.3 is 14.8 Å². The molecule has 0 aliphatic carbocycles. The number of hydrogen-bond donors (Lipinski definition) is 2. The Labute approximate surface area is 157 Å². The Morgan fingerprint density at radius 1 is 1.36 bits per heavy atom. The summed E-state index contributed by atoms with van der Waals surface area (Å²) in [4.78, 5) is 8.55. The molecule has 4 rings (SSSR count). The van der Waals surface area contributed by atoms with E-state index in [1.54, 1.807) is 0 Å². The van der Waals surface area contributed by atoms with Crippen LogP contribution in [-0.2, 0) is 4.74 Å². The maximum Gasteiger partial charge on any atom is 0.425 e. The number of H-pyrrole nitrogens is 1. The van der Waals surface area contributed by atoms with Crippen molar-refractivity contribution in [3.63, 3.8) is 0 Å². The topological polar surface area (TPSA) is 102 Å². The maximum absolute atomic E-state index is 13.1. The number of aromatic nitrogens is 6. The highest BCUT2D eigenvalue weighted by molar-refractivity contribution is 5.73. The van der Waals surface area contributed by atoms with E-state index >= 15 is 0 Å². The zero-order chi connectivity index (χ0) is 19.7. The smallest absolute Gasteiger partial charge is 0.425 e. The van der Waals surface area contributed by atoms with E-state index in [2.05, 4.69) is 30.6 Å². The van der Waals surface area contributed by atoms with Crippen LogP contribution < -0.4 is 10.1 Å². The third kappa shape index (κ3) is 3.72. The van der Waals surface area contributed by atoms with Crippen LogP contribution in [-0.4, -0.2) is 61.3 Å². The molecule has 3 aromatic rings. The molecule has 9 nitrogen and oxygen atoms in total. The number of rotatable bonds is 5. The van der Waals surface area contributed by atoms with Crippen molar-refractivity contribution in [2.75, 3.05) is 18.5 Å². The van der Waals surface area contributed by atoms with E-state index in [0.717, 1.165) is 19.8 Å². The van der Waals surface area contributed by atoms with Gasteiger partial charge in [-0.05, 0) is 19.8 Å². The molecular weight excluding hydrogens is 379 g/mol. The first-order valence-corrected chi connectivity index (χ1v) is 8.74. The Bertz CT molecular complexity index is 936. The Kier molecular flexibility index (Phi) is 4.79. The monoisotopic (exact) mass is 397 g/mol. The summed E-state index contributed by atoms with van der Waals surface area (Å²) >= 11 is 0. The third-order valence-electron chi connectivity index (χ3n) is 4.43. The van der Waals surface area contributed by atoms with Crippen molar-refractivity contribution in [3.05, 3.63) is 18.7 Å². The van der Waals surface area contributed by atoms with Gasteiger partial charge in [-0.3, -0.25) is 5.10 Å². The van der Waals surface area contributed by atoms with Crippen molar-refractivity contribution < 1.29 is 22.6 Å². The summed E-state index contributed by atoms with van der Waals surface area (Å²) in [6.07, 6.45) is -0.655. The summed E-state index contributed by atoms with van der Waals surface area (Å²) in [5, 5.41) is 13.9. The summed E-state index contributed by atoms with van der Waals surface area (Å²) in [6, 6.07) is 0.130. The van der Waals surface area contributed by atoms with Crippen LogP contribution in [0, 0.1) is 0 Å². The lowest BCUT2D eigenvalue weighted by Gasteiger charge is -2.22. The molecule has 0 aromatic carbocycles. The lowest BCUT2D eigenvalue weighted by Crippen LogP contribution is -2.31. The summed E-state index contributed by atoms with van der Waals surface area (Å²) in [5.74, 6) is 0.184. The molecule has 0 spiro atoms. The van der Waals surface area contributed by atoms with E-state index in [1.165, 1.54) is 23.2 Å². The van der Waals surface area contributed by atoms with E-state index < -0.39 is 12.3 Å². The van der Waals surface area contributed by atoms with E-state index in [9.17, 15) is 13.2 Å². The molecule has 1 atom stereocenters. The number of halogens is 3. The third-order valence-corrected chi connectivity index (χ3v) is 4.43. The number of fused-ring (bicyclic) bond motifs is 1. The molecule has 1 aliphatic heterocycles. The van der Waals surface area contributed by atoms with Gasteiger partial charge in [-0.15, -0.1) is 5.10 Å². The van der Waals surface area contributed by atoms with E-state index in [-0.39, 0.29) is 23.1 Å². The maximum atomic E-state index is 13.1. The molecule has 4 heterocycles. The molecule has 12 heteroatoms. The highest BCUT2D eigenvalue weighted by Gasteiger charge is 2.39. The zero-order valence-electron chi connectivity index (χ0n) is 14.9. The summed E-state index contributed by atoms with van der Waals surface area (Å²) in [5.41, 5.74) is 0.813. The van der Waals surface area contributed by atoms with Crippen molar-refractivity contribution in [1.82, 2.24) is 29.8 Å². The quantitative estimate of drug-likeness (QED) is 0.682. The Morgan fingerprint density at radius 3 is 2.82 bits per heavy atom. The molecule has 150 valence electrons. The lowest BCUT2D eigenvalue weighted by atomic mass is 10.1. The number of nitrogens with one attached hydrogen (secondary N) is 2. The Balaban J connectivity index is 1.73. The average molecular weight is 397 g/mol. The fourth-order valence-electron chi connectivity index (χ4n) is 2.86. The van der Waals surface area contributed by atoms with Crippen LogP contribution in [0.15, 0.2) is 18.7 Å². The van der Waals surface area contributed by atoms with Crippen LogP contribution in [0.5, 0.6) is 5.75 Å². The minimum atomic E-state index is -4.54. The van der Waals surface area contributed by atoms with Crippen molar-refractivity contribution in [2.45, 2.75) is 38.1 Å². The molecular formula is C16H18F3N7O2. The number of anilines is 1. The molecule has 2 N–H and O–H groups in total. The van der Waals surface area contributed by atoms with Gasteiger partial charge in [0.25, 0.3) is 0 Å². The van der Waals surface area contributed by atoms with Crippen LogP contribution in [0.4, 0.5) is 19.1 Å². The van der Waals surface area contributed by atoms with Crippen LogP contribution in [0.2, 0.25) is 0 Å². The van der Waals surface area contributed by atoms with Gasteiger partial charge in [0.15, 0.2) is 11.9 Å². The van der Waals surface area contributed by atoms with Gasteiger partial charge in [-0.25, -0.2) is 4.98 Å². The number of nitrogens with zero attached hydrogens (tertiary/aromatic N) is 5. The predicted octanol–water partition coefficient (Wildman–Crippen LogP) is 2.43. The zero-order valence-corrected chi connectivity index (χ0v) is 14.9. The van der Waals surface area contributed by atoms with Gasteiger partial charge in [0.2, 0.25) is 11.6 Å². The largest absolute Gasteiger partial charge is 0.475 e. The molecule has 0 amide bonds. The van der Waals surface area contributed by atoms with Crippen LogP contribution in [0.3, 0.4) is 0 Å². The Morgan fingerprint density at radius 2 is 2.14 bits per heavy atom. The fraction of sp³-hybridized carbons (Fsp3) is 0.500. The first kappa shape index (κ1) is 18.5. The lowest BCUT2D eigenvalue weighted by molar-refractivity contribution is -0.189. The van der Waals surface area contributed by atoms with Gasteiger partial charge in [0.05, 0.1) is 6.20 Å². The summed E-state index contributed by atoms with van der Waals surface area (Å²) in [6.45, 7) is 2.20. The highest BCUT2D eigenvalue weighted by atomic mass is 19.4. The first-order valence-electron chi connectivity index (χ1n) is 8.74. The molecule has 3 aromatic heterocycles. The average Bonchev–Trinajstić information content (AvgIpc) is 3.31. The number of ether oxygens (including phenoxy) is 2. The van der Waals surface area contributed by atoms with Crippen molar-refractivity contribution in [2.24, 2.45) is 0 Å². The normalized spacial score (nSPS) is 17.0. The van der Waals surface area contributed by atoms with Crippen LogP contribution >= 0.6 is 0 Å². The second-order valence-corrected chi connectivity index (χ2v) is 6.45. The van der Waals surface area contributed by atoms with Crippen molar-refractivity contribution >= 4 is 11.6 Å². The Hall–Kier alpha value is -2.89. The second kappa shape index (κ2) is 7.26. The minimum absolute atomic E-state index is 0.110. The number of alkyl halides is 3. The van der Waals surface area contributed by atoms with Gasteiger partial charge in [0.1, 0.15) is 12.0 Å². The van der Waals surface area contributed by atoms with E-state index in [1.807, 2.05) is 0 Å². The molecule has 0 bridgehead atoms. The highest BCUT2D eigenvalue weighted by Crippen LogP contribution is 2.34. The van der Waals surface area contributed by atoms with Gasteiger partial charge in [-0.1, -0.05) is 0 Å². The fourth-order valence-corrected chi connectivity index (χ4v) is 2.86. The standard InChI is InChI=1S/C16H18F3N7O2/c1-9(16(17,18)19)28-13-12(10-6-21-22-7-10)20-8-26-14(13)24-15(25-26)23-11-2-4-27-5-3-11/h6-9,11H,2-5H2,1H3,(H,21,22)(H,23,25)/t9-/m1/s1. The van der Waals surface area contributed by atoms with Crippen molar-refractivity contribution in [1.29, 1.82) is 0 Å². The van der Waals surface area contributed by atoms with Gasteiger partial charge in [-0.2, -0.15) is 27.8 Å². The molecule has 1 fully saturated rings. The molecule has 0 unspecified atom stereocenters. The summed E-state index contributed by atoms with van der Waals surface area (Å²) < 4.78 is 51.1. The van der Waals surface area contributed by atoms with E-state index in [0.29, 0.717) is 24.7 Å². The van der Waals surface area contributed by atoms with Crippen LogP contribution in [0.25, 0.3) is 16.9 Å². The first-order chi connectivity index (χ1) is 13.4. The molecule has 1 saturated heterocycles. The van der Waals surface area contributed by atoms with Crippen LogP contribution in [0.1, 0.15) is 19.8 Å². The predicted molar refractivity (Wildman–Crippen MR) is 92.0 cm³/mol. The molecule has 0 saturated carbocycles. The number of hydrogen-bond acceptors (Lipinski definition) is 7. The minimum Gasteiger partial charge on any atom is -0.475 e. The summed E-state index contributed by atoms with van der Waals surface area (Å²) in [7, 11) is 0. The SMILES string of the molecule is C[C@@H](Oc1c(-c2cn[nH]c2)ncn2nc(NC3CCOCC3)nc12)C(F)(F)F. The van der Waals surface area contributed by atoms with E-state index in [4.69, 9.17) is 9.47 Å². The van der Waals surface area contributed by atoms with Gasteiger partial charge in [0, 0.05) is 31.0 Å². The van der Waals surface area contributed by atoms with Crippen molar-refractivity contribution in [3.8, 4) is 17.0 Å². The van der Waals surface area contributed by atoms with Gasteiger partial charge >= 0.3 is 6.18 Å². The second-order valence-electron chi connectivity index (χ2n) is 6.45. The molecule has 28 heavy (non-hydrogen) atoms. The number of aromatic amines is 1. The molecule has 0 radical (unpaired) electrons. The molecule has 1 aliphatic rings.